The lowest BCUT2D eigenvalue weighted by Crippen LogP contribution is -2.46. The van der Waals surface area contributed by atoms with Crippen LogP contribution in [0.25, 0.3) is 0 Å². The lowest BCUT2D eigenvalue weighted by molar-refractivity contribution is -0.157. The summed E-state index contributed by atoms with van der Waals surface area (Å²) in [7, 11) is 2.61. The van der Waals surface area contributed by atoms with Crippen molar-refractivity contribution >= 4 is 35.8 Å². The van der Waals surface area contributed by atoms with Crippen molar-refractivity contribution in [1.29, 1.82) is 0 Å². The molecule has 0 saturated carbocycles. The van der Waals surface area contributed by atoms with Crippen molar-refractivity contribution in [2.45, 2.75) is 33.0 Å². The van der Waals surface area contributed by atoms with E-state index < -0.39 is 18.6 Å². The van der Waals surface area contributed by atoms with Gasteiger partial charge in [-0.25, -0.2) is 0 Å². The molecule has 0 radical (unpaired) electrons. The maximum absolute atomic E-state index is 12.4. The second-order valence-corrected chi connectivity index (χ2v) is 6.23. The van der Waals surface area contributed by atoms with E-state index in [1.165, 1.54) is 7.05 Å². The van der Waals surface area contributed by atoms with Gasteiger partial charge in [-0.15, -0.1) is 24.0 Å². The van der Waals surface area contributed by atoms with Crippen LogP contribution in [0.3, 0.4) is 0 Å². The lowest BCUT2D eigenvalue weighted by Gasteiger charge is -2.22. The highest BCUT2D eigenvalue weighted by Crippen LogP contribution is 2.30. The molecule has 30 heavy (non-hydrogen) atoms. The second-order valence-electron chi connectivity index (χ2n) is 6.23. The third-order valence-corrected chi connectivity index (χ3v) is 3.89. The number of hydrogen-bond acceptors (Lipinski definition) is 4. The number of hydrogen-bond donors (Lipinski definition) is 2. The number of rotatable bonds is 9. The van der Waals surface area contributed by atoms with Crippen LogP contribution in [0, 0.1) is 0 Å². The predicted molar refractivity (Wildman–Crippen MR) is 121 cm³/mol. The first-order valence-electron chi connectivity index (χ1n) is 9.28. The van der Waals surface area contributed by atoms with E-state index in [2.05, 4.69) is 15.6 Å². The van der Waals surface area contributed by atoms with Crippen molar-refractivity contribution in [3.63, 3.8) is 0 Å². The van der Waals surface area contributed by atoms with Crippen molar-refractivity contribution in [2.24, 2.45) is 4.99 Å². The van der Waals surface area contributed by atoms with Gasteiger partial charge in [0.05, 0.1) is 25.8 Å². The molecule has 2 N–H and O–H groups in total. The van der Waals surface area contributed by atoms with Gasteiger partial charge in [0.15, 0.2) is 17.5 Å². The molecule has 0 saturated heterocycles. The number of benzene rings is 1. The summed E-state index contributed by atoms with van der Waals surface area (Å²) >= 11 is 0. The number of carbonyl (C=O) groups is 1. The average molecular weight is 546 g/mol. The maximum atomic E-state index is 12.4. The summed E-state index contributed by atoms with van der Waals surface area (Å²) in [6.07, 6.45) is -4.44. The molecule has 7 nitrogen and oxygen atoms in total. The number of halogens is 4. The molecule has 172 valence electrons. The van der Waals surface area contributed by atoms with Gasteiger partial charge >= 0.3 is 6.18 Å². The van der Waals surface area contributed by atoms with Crippen molar-refractivity contribution in [3.05, 3.63) is 23.8 Å². The van der Waals surface area contributed by atoms with Gasteiger partial charge in [-0.3, -0.25) is 9.79 Å². The predicted octanol–water partition coefficient (Wildman–Crippen LogP) is 3.35. The van der Waals surface area contributed by atoms with Crippen molar-refractivity contribution in [1.82, 2.24) is 15.5 Å². The number of carbonyl (C=O) groups excluding carboxylic acids is 1. The quantitative estimate of drug-likeness (QED) is 0.283. The van der Waals surface area contributed by atoms with Crippen molar-refractivity contribution < 1.29 is 27.4 Å². The third-order valence-electron chi connectivity index (χ3n) is 3.89. The van der Waals surface area contributed by atoms with Gasteiger partial charge in [-0.05, 0) is 38.5 Å². The van der Waals surface area contributed by atoms with E-state index in [1.54, 1.807) is 0 Å². The van der Waals surface area contributed by atoms with Crippen LogP contribution in [0.4, 0.5) is 13.2 Å². The van der Waals surface area contributed by atoms with Crippen LogP contribution >= 0.6 is 24.0 Å². The zero-order chi connectivity index (χ0) is 22.0. The SMILES string of the molecule is CCOc1ccc(C(C)NC(=NC)NCC(=O)N(C)CC(F)(F)F)cc1OCC.I. The molecule has 0 fully saturated rings. The van der Waals surface area contributed by atoms with Crippen LogP contribution in [0.1, 0.15) is 32.4 Å². The van der Waals surface area contributed by atoms with Crippen LogP contribution in [-0.2, 0) is 4.79 Å². The monoisotopic (exact) mass is 546 g/mol. The highest BCUT2D eigenvalue weighted by atomic mass is 127. The Bertz CT molecular complexity index is 702. The molecular formula is C19H30F3IN4O3. The fraction of sp³-hybridized carbons (Fsp3) is 0.579. The first kappa shape index (κ1) is 28.1. The van der Waals surface area contributed by atoms with Gasteiger partial charge in [0, 0.05) is 14.1 Å². The van der Waals surface area contributed by atoms with Gasteiger partial charge in [-0.1, -0.05) is 6.07 Å². The molecule has 1 rings (SSSR count). The molecule has 1 aromatic carbocycles. The van der Waals surface area contributed by atoms with E-state index in [-0.39, 0.29) is 42.5 Å². The van der Waals surface area contributed by atoms with Crippen molar-refractivity contribution in [2.75, 3.05) is 40.4 Å². The maximum Gasteiger partial charge on any atom is 0.406 e. The largest absolute Gasteiger partial charge is 0.490 e. The molecule has 0 aromatic heterocycles. The minimum absolute atomic E-state index is 0. The average Bonchev–Trinajstić information content (AvgIpc) is 2.64. The number of aliphatic imine (C=N–C) groups is 1. The minimum Gasteiger partial charge on any atom is -0.490 e. The Hall–Kier alpha value is -1.92. The smallest absolute Gasteiger partial charge is 0.406 e. The zero-order valence-electron chi connectivity index (χ0n) is 17.8. The van der Waals surface area contributed by atoms with Gasteiger partial charge in [0.1, 0.15) is 6.54 Å². The van der Waals surface area contributed by atoms with Gasteiger partial charge in [-0.2, -0.15) is 13.2 Å². The van der Waals surface area contributed by atoms with Crippen LogP contribution in [0.2, 0.25) is 0 Å². The number of nitrogens with zero attached hydrogens (tertiary/aromatic N) is 2. The van der Waals surface area contributed by atoms with E-state index in [1.807, 2.05) is 39.0 Å². The number of amides is 1. The Balaban J connectivity index is 0.00000841. The van der Waals surface area contributed by atoms with Crippen LogP contribution < -0.4 is 20.1 Å². The van der Waals surface area contributed by atoms with Crippen molar-refractivity contribution in [3.8, 4) is 11.5 Å². The van der Waals surface area contributed by atoms with Crippen LogP contribution in [0.5, 0.6) is 11.5 Å². The minimum atomic E-state index is -4.44. The molecule has 1 aromatic rings. The van der Waals surface area contributed by atoms with E-state index >= 15 is 0 Å². The molecule has 0 heterocycles. The Morgan fingerprint density at radius 3 is 2.33 bits per heavy atom. The molecule has 0 aliphatic heterocycles. The summed E-state index contributed by atoms with van der Waals surface area (Å²) in [5.74, 6) is 0.856. The molecule has 1 unspecified atom stereocenters. The zero-order valence-corrected chi connectivity index (χ0v) is 20.1. The van der Waals surface area contributed by atoms with Gasteiger partial charge < -0.3 is 25.0 Å². The standard InChI is InChI=1S/C19H29F3N4O3.HI/c1-6-28-15-9-8-14(10-16(15)29-7-2)13(3)25-18(23-4)24-11-17(27)26(5)12-19(20,21)22;/h8-10,13H,6-7,11-12H2,1-5H3,(H2,23,24,25);1H. The normalized spacial score (nSPS) is 12.5. The summed E-state index contributed by atoms with van der Waals surface area (Å²) in [4.78, 5) is 16.5. The summed E-state index contributed by atoms with van der Waals surface area (Å²) in [5.41, 5.74) is 0.889. The molecular weight excluding hydrogens is 516 g/mol. The Morgan fingerprint density at radius 2 is 1.80 bits per heavy atom. The molecule has 11 heteroatoms. The Kier molecular flexibility index (Phi) is 12.5. The highest BCUT2D eigenvalue weighted by molar-refractivity contribution is 14.0. The van der Waals surface area contributed by atoms with Crippen LogP contribution in [-0.4, -0.2) is 63.3 Å². The Morgan fingerprint density at radius 1 is 1.20 bits per heavy atom. The number of alkyl halides is 3. The molecule has 0 aliphatic rings. The second kappa shape index (κ2) is 13.4. The van der Waals surface area contributed by atoms with Gasteiger partial charge in [0.25, 0.3) is 0 Å². The molecule has 0 spiro atoms. The fourth-order valence-corrected chi connectivity index (χ4v) is 2.47. The topological polar surface area (TPSA) is 75.2 Å². The van der Waals surface area contributed by atoms with E-state index in [4.69, 9.17) is 9.47 Å². The third kappa shape index (κ3) is 9.72. The summed E-state index contributed by atoms with van der Waals surface area (Å²) in [6.45, 7) is 5.03. The first-order chi connectivity index (χ1) is 13.6. The number of ether oxygens (including phenoxy) is 2. The van der Waals surface area contributed by atoms with E-state index in [0.717, 1.165) is 12.6 Å². The van der Waals surface area contributed by atoms with Gasteiger partial charge in [0.2, 0.25) is 5.91 Å². The number of guanidine groups is 1. The molecule has 1 atom stereocenters. The summed E-state index contributed by atoms with van der Waals surface area (Å²) in [5, 5.41) is 5.83. The number of nitrogens with one attached hydrogen (secondary N) is 2. The molecule has 0 bridgehead atoms. The van der Waals surface area contributed by atoms with Crippen LogP contribution in [0.15, 0.2) is 23.2 Å². The first-order valence-corrected chi connectivity index (χ1v) is 9.28. The van der Waals surface area contributed by atoms with E-state index in [0.29, 0.717) is 29.6 Å². The summed E-state index contributed by atoms with van der Waals surface area (Å²) < 4.78 is 48.3. The molecule has 1 amide bonds. The summed E-state index contributed by atoms with van der Waals surface area (Å²) in [6, 6.07) is 5.33. The highest BCUT2D eigenvalue weighted by Gasteiger charge is 2.31. The van der Waals surface area contributed by atoms with E-state index in [9.17, 15) is 18.0 Å². The number of likely N-dealkylation sites (N-methyl/N-ethyl adjacent to an activating group) is 1. The fourth-order valence-electron chi connectivity index (χ4n) is 2.47. The Labute approximate surface area is 192 Å². The molecule has 0 aliphatic carbocycles. The lowest BCUT2D eigenvalue weighted by atomic mass is 10.1.